The van der Waals surface area contributed by atoms with Gasteiger partial charge in [-0.3, -0.25) is 9.10 Å². The smallest absolute Gasteiger partial charge is 0.243 e. The zero-order valence-corrected chi connectivity index (χ0v) is 18.5. The molecular weight excluding hydrogens is 388 g/mol. The fourth-order valence-corrected chi connectivity index (χ4v) is 4.32. The highest BCUT2D eigenvalue weighted by Gasteiger charge is 2.29. The van der Waals surface area contributed by atoms with E-state index in [1.807, 2.05) is 44.2 Å². The lowest BCUT2D eigenvalue weighted by atomic mass is 10.1. The number of carbonyl (C=O) groups excluding carboxylic acids is 1. The molecular formula is C22H30N2O4S. The van der Waals surface area contributed by atoms with Crippen LogP contribution in [0.5, 0.6) is 5.75 Å². The number of nitrogens with zero attached hydrogens (tertiary/aromatic N) is 1. The molecule has 0 aliphatic carbocycles. The van der Waals surface area contributed by atoms with E-state index in [4.69, 9.17) is 4.74 Å². The summed E-state index contributed by atoms with van der Waals surface area (Å²) in [5.41, 5.74) is 3.66. The van der Waals surface area contributed by atoms with Gasteiger partial charge in [-0.2, -0.15) is 0 Å². The number of hydrogen-bond acceptors (Lipinski definition) is 4. The normalized spacial score (nSPS) is 12.3. The van der Waals surface area contributed by atoms with Crippen LogP contribution in [0.4, 0.5) is 5.69 Å². The third kappa shape index (κ3) is 6.22. The van der Waals surface area contributed by atoms with E-state index in [0.29, 0.717) is 12.2 Å². The lowest BCUT2D eigenvalue weighted by molar-refractivity contribution is -0.121. The molecule has 6 nitrogen and oxygen atoms in total. The van der Waals surface area contributed by atoms with Gasteiger partial charge in [-0.15, -0.1) is 0 Å². The predicted octanol–water partition coefficient (Wildman–Crippen LogP) is 3.22. The van der Waals surface area contributed by atoms with E-state index in [0.717, 1.165) is 41.5 Å². The van der Waals surface area contributed by atoms with Crippen molar-refractivity contribution in [1.29, 1.82) is 0 Å². The maximum absolute atomic E-state index is 12.6. The van der Waals surface area contributed by atoms with E-state index >= 15 is 0 Å². The Morgan fingerprint density at radius 3 is 2.48 bits per heavy atom. The van der Waals surface area contributed by atoms with Gasteiger partial charge in [0.1, 0.15) is 11.8 Å². The van der Waals surface area contributed by atoms with Crippen molar-refractivity contribution in [3.63, 3.8) is 0 Å². The number of anilines is 1. The molecule has 0 saturated carbocycles. The highest BCUT2D eigenvalue weighted by atomic mass is 32.2. The molecule has 7 heteroatoms. The molecule has 0 spiro atoms. The molecule has 2 rings (SSSR count). The molecule has 0 fully saturated rings. The van der Waals surface area contributed by atoms with Crippen molar-refractivity contribution in [2.24, 2.45) is 0 Å². The van der Waals surface area contributed by atoms with Gasteiger partial charge in [0, 0.05) is 6.54 Å². The minimum atomic E-state index is -3.61. The summed E-state index contributed by atoms with van der Waals surface area (Å²) in [4.78, 5) is 12.6. The molecule has 0 aliphatic heterocycles. The molecule has 0 aliphatic rings. The molecule has 158 valence electrons. The summed E-state index contributed by atoms with van der Waals surface area (Å²) in [6, 6.07) is 12.3. The van der Waals surface area contributed by atoms with Gasteiger partial charge in [-0.1, -0.05) is 18.2 Å². The molecule has 0 unspecified atom stereocenters. The number of methoxy groups -OCH3 is 1. The second-order valence-electron chi connectivity index (χ2n) is 7.25. The number of ether oxygens (including phenoxy) is 1. The van der Waals surface area contributed by atoms with E-state index in [2.05, 4.69) is 5.32 Å². The fraction of sp³-hybridized carbons (Fsp3) is 0.409. The summed E-state index contributed by atoms with van der Waals surface area (Å²) < 4.78 is 31.2. The quantitative estimate of drug-likeness (QED) is 0.635. The van der Waals surface area contributed by atoms with Crippen molar-refractivity contribution < 1.29 is 17.9 Å². The monoisotopic (exact) mass is 418 g/mol. The van der Waals surface area contributed by atoms with Gasteiger partial charge in [-0.25, -0.2) is 8.42 Å². The number of sulfonamides is 1. The van der Waals surface area contributed by atoms with Crippen LogP contribution in [0.1, 0.15) is 30.0 Å². The van der Waals surface area contributed by atoms with Crippen molar-refractivity contribution in [3.05, 3.63) is 59.2 Å². The second kappa shape index (κ2) is 9.78. The average Bonchev–Trinajstić information content (AvgIpc) is 2.67. The number of aryl methyl sites for hydroxylation is 3. The maximum Gasteiger partial charge on any atom is 0.243 e. The van der Waals surface area contributed by atoms with Crippen molar-refractivity contribution in [2.75, 3.05) is 24.2 Å². The van der Waals surface area contributed by atoms with Crippen molar-refractivity contribution in [2.45, 2.75) is 39.7 Å². The van der Waals surface area contributed by atoms with Gasteiger partial charge >= 0.3 is 0 Å². The van der Waals surface area contributed by atoms with Gasteiger partial charge in [0.25, 0.3) is 0 Å². The fourth-order valence-electron chi connectivity index (χ4n) is 3.15. The van der Waals surface area contributed by atoms with Gasteiger partial charge in [0.2, 0.25) is 15.9 Å². The van der Waals surface area contributed by atoms with Crippen LogP contribution in [0, 0.1) is 13.8 Å². The molecule has 1 N–H and O–H groups in total. The summed E-state index contributed by atoms with van der Waals surface area (Å²) in [5, 5.41) is 2.85. The Hall–Kier alpha value is -2.54. The molecule has 2 aromatic rings. The summed E-state index contributed by atoms with van der Waals surface area (Å²) >= 11 is 0. The van der Waals surface area contributed by atoms with Gasteiger partial charge in [0.05, 0.1) is 19.1 Å². The van der Waals surface area contributed by atoms with Crippen LogP contribution >= 0.6 is 0 Å². The summed E-state index contributed by atoms with van der Waals surface area (Å²) in [7, 11) is -1.99. The average molecular weight is 419 g/mol. The first kappa shape index (κ1) is 22.7. The lowest BCUT2D eigenvalue weighted by Crippen LogP contribution is -2.48. The van der Waals surface area contributed by atoms with Crippen LogP contribution in [0.3, 0.4) is 0 Å². The number of nitrogens with one attached hydrogen (secondary N) is 1. The zero-order chi connectivity index (χ0) is 21.6. The standard InChI is InChI=1S/C22H30N2O4S/c1-16-11-12-20(14-17(16)2)24(29(5,26)27)18(3)22(25)23-13-7-9-19-8-6-10-21(15-19)28-4/h6,8,10-12,14-15,18H,7,9,13H2,1-5H3,(H,23,25)/t18-/m0/s1. The van der Waals surface area contributed by atoms with E-state index in [1.54, 1.807) is 26.2 Å². The third-order valence-corrected chi connectivity index (χ3v) is 6.15. The predicted molar refractivity (Wildman–Crippen MR) is 117 cm³/mol. The summed E-state index contributed by atoms with van der Waals surface area (Å²) in [6.45, 7) is 5.95. The van der Waals surface area contributed by atoms with Crippen molar-refractivity contribution in [1.82, 2.24) is 5.32 Å². The van der Waals surface area contributed by atoms with Gasteiger partial charge in [-0.05, 0) is 74.6 Å². The van der Waals surface area contributed by atoms with Crippen LogP contribution in [-0.4, -0.2) is 40.3 Å². The van der Waals surface area contributed by atoms with E-state index < -0.39 is 16.1 Å². The Labute approximate surface area is 173 Å². The largest absolute Gasteiger partial charge is 0.497 e. The number of carbonyl (C=O) groups is 1. The molecule has 29 heavy (non-hydrogen) atoms. The number of rotatable bonds is 9. The molecule has 0 aromatic heterocycles. The Kier molecular flexibility index (Phi) is 7.67. The Bertz CT molecular complexity index is 957. The van der Waals surface area contributed by atoms with E-state index in [1.165, 1.54) is 4.31 Å². The molecule has 0 bridgehead atoms. The van der Waals surface area contributed by atoms with Crippen molar-refractivity contribution in [3.8, 4) is 5.75 Å². The summed E-state index contributed by atoms with van der Waals surface area (Å²) in [5.74, 6) is 0.483. The first-order chi connectivity index (χ1) is 13.6. The minimum absolute atomic E-state index is 0.320. The third-order valence-electron chi connectivity index (χ3n) is 4.91. The van der Waals surface area contributed by atoms with Gasteiger partial charge in [0.15, 0.2) is 0 Å². The highest BCUT2D eigenvalue weighted by Crippen LogP contribution is 2.23. The van der Waals surface area contributed by atoms with E-state index in [9.17, 15) is 13.2 Å². The number of benzene rings is 2. The second-order valence-corrected chi connectivity index (χ2v) is 9.11. The van der Waals surface area contributed by atoms with Gasteiger partial charge < -0.3 is 10.1 Å². The van der Waals surface area contributed by atoms with Crippen LogP contribution in [0.2, 0.25) is 0 Å². The lowest BCUT2D eigenvalue weighted by Gasteiger charge is -2.28. The minimum Gasteiger partial charge on any atom is -0.497 e. The number of hydrogen-bond donors (Lipinski definition) is 1. The first-order valence-corrected chi connectivity index (χ1v) is 11.5. The van der Waals surface area contributed by atoms with Crippen LogP contribution in [-0.2, 0) is 21.2 Å². The topological polar surface area (TPSA) is 75.7 Å². The molecule has 1 amide bonds. The first-order valence-electron chi connectivity index (χ1n) is 9.60. The molecule has 1 atom stereocenters. The van der Waals surface area contributed by atoms with Crippen LogP contribution in [0.25, 0.3) is 0 Å². The molecule has 0 saturated heterocycles. The maximum atomic E-state index is 12.6. The number of amides is 1. The van der Waals surface area contributed by atoms with Crippen LogP contribution in [0.15, 0.2) is 42.5 Å². The Morgan fingerprint density at radius 2 is 1.86 bits per heavy atom. The molecule has 0 heterocycles. The Morgan fingerprint density at radius 1 is 1.14 bits per heavy atom. The summed E-state index contributed by atoms with van der Waals surface area (Å²) in [6.07, 6.45) is 2.65. The molecule has 0 radical (unpaired) electrons. The highest BCUT2D eigenvalue weighted by molar-refractivity contribution is 7.92. The SMILES string of the molecule is COc1cccc(CCCNC(=O)[C@H](C)N(c2ccc(C)c(C)c2)S(C)(=O)=O)c1. The zero-order valence-electron chi connectivity index (χ0n) is 17.7. The molecule has 2 aromatic carbocycles. The van der Waals surface area contributed by atoms with Crippen molar-refractivity contribution >= 4 is 21.6 Å². The Balaban J connectivity index is 2.00. The van der Waals surface area contributed by atoms with Crippen LogP contribution < -0.4 is 14.4 Å². The van der Waals surface area contributed by atoms with E-state index in [-0.39, 0.29) is 5.91 Å².